The SMILES string of the molecule is CCCNCc1ccc(N(C)Cc2csc(Br)c2)c(Cl)c1. The van der Waals surface area contributed by atoms with E-state index in [4.69, 9.17) is 11.6 Å². The second-order valence-electron chi connectivity index (χ2n) is 5.08. The molecule has 0 fully saturated rings. The molecule has 2 rings (SSSR count). The molecular weight excluding hydrogens is 368 g/mol. The molecule has 0 atom stereocenters. The summed E-state index contributed by atoms with van der Waals surface area (Å²) < 4.78 is 1.16. The third-order valence-electron chi connectivity index (χ3n) is 3.22. The highest BCUT2D eigenvalue weighted by Gasteiger charge is 2.08. The maximum atomic E-state index is 6.43. The van der Waals surface area contributed by atoms with Crippen LogP contribution in [0.5, 0.6) is 0 Å². The van der Waals surface area contributed by atoms with E-state index in [1.165, 1.54) is 11.1 Å². The largest absolute Gasteiger partial charge is 0.369 e. The van der Waals surface area contributed by atoms with E-state index < -0.39 is 0 Å². The molecule has 0 saturated heterocycles. The van der Waals surface area contributed by atoms with Crippen LogP contribution in [0.15, 0.2) is 33.4 Å². The van der Waals surface area contributed by atoms with Crippen molar-refractivity contribution in [3.63, 3.8) is 0 Å². The van der Waals surface area contributed by atoms with Crippen molar-refractivity contribution >= 4 is 44.6 Å². The van der Waals surface area contributed by atoms with Gasteiger partial charge in [-0.1, -0.05) is 24.6 Å². The Morgan fingerprint density at radius 3 is 2.71 bits per heavy atom. The molecule has 0 unspecified atom stereocenters. The summed E-state index contributed by atoms with van der Waals surface area (Å²) in [6.07, 6.45) is 1.14. The maximum absolute atomic E-state index is 6.43. The lowest BCUT2D eigenvalue weighted by molar-refractivity contribution is 0.675. The molecule has 0 aliphatic heterocycles. The minimum absolute atomic E-state index is 0.808. The van der Waals surface area contributed by atoms with Gasteiger partial charge in [0.15, 0.2) is 0 Å². The molecule has 0 bridgehead atoms. The molecule has 0 saturated carbocycles. The Bertz CT molecular complexity index is 585. The van der Waals surface area contributed by atoms with Gasteiger partial charge in [0.25, 0.3) is 0 Å². The van der Waals surface area contributed by atoms with Gasteiger partial charge in [0.1, 0.15) is 0 Å². The number of hydrogen-bond donors (Lipinski definition) is 1. The fourth-order valence-corrected chi connectivity index (χ4v) is 3.71. The smallest absolute Gasteiger partial charge is 0.0701 e. The van der Waals surface area contributed by atoms with Crippen LogP contribution < -0.4 is 10.2 Å². The van der Waals surface area contributed by atoms with Crippen LogP contribution in [0.1, 0.15) is 24.5 Å². The number of thiophene rings is 1. The van der Waals surface area contributed by atoms with Crippen molar-refractivity contribution < 1.29 is 0 Å². The van der Waals surface area contributed by atoms with Gasteiger partial charge in [0.2, 0.25) is 0 Å². The highest BCUT2D eigenvalue weighted by atomic mass is 79.9. The molecule has 21 heavy (non-hydrogen) atoms. The van der Waals surface area contributed by atoms with Crippen molar-refractivity contribution in [3.05, 3.63) is 49.6 Å². The fraction of sp³-hybridized carbons (Fsp3) is 0.375. The van der Waals surface area contributed by atoms with Crippen molar-refractivity contribution in [2.75, 3.05) is 18.5 Å². The minimum atomic E-state index is 0.808. The average Bonchev–Trinajstić information content (AvgIpc) is 2.84. The molecule has 1 heterocycles. The highest BCUT2D eigenvalue weighted by molar-refractivity contribution is 9.11. The van der Waals surface area contributed by atoms with Crippen LogP contribution in [-0.2, 0) is 13.1 Å². The van der Waals surface area contributed by atoms with Gasteiger partial charge in [-0.3, -0.25) is 0 Å². The van der Waals surface area contributed by atoms with Crippen molar-refractivity contribution in [2.24, 2.45) is 0 Å². The first kappa shape index (κ1) is 16.8. The Kier molecular flexibility index (Phi) is 6.55. The van der Waals surface area contributed by atoms with E-state index in [0.29, 0.717) is 0 Å². The zero-order chi connectivity index (χ0) is 15.2. The molecule has 0 aliphatic rings. The number of nitrogens with one attached hydrogen (secondary N) is 1. The summed E-state index contributed by atoms with van der Waals surface area (Å²) in [6.45, 7) is 4.93. The lowest BCUT2D eigenvalue weighted by Crippen LogP contribution is -2.17. The Hall–Kier alpha value is -0.550. The second kappa shape index (κ2) is 8.18. The van der Waals surface area contributed by atoms with E-state index >= 15 is 0 Å². The molecule has 2 nitrogen and oxygen atoms in total. The summed E-state index contributed by atoms with van der Waals surface area (Å²) in [7, 11) is 2.07. The number of rotatable bonds is 7. The van der Waals surface area contributed by atoms with E-state index in [9.17, 15) is 0 Å². The van der Waals surface area contributed by atoms with Gasteiger partial charge in [-0.25, -0.2) is 0 Å². The van der Waals surface area contributed by atoms with Crippen molar-refractivity contribution in [3.8, 4) is 0 Å². The standard InChI is InChI=1S/C16H20BrClN2S/c1-3-6-19-9-12-4-5-15(14(18)7-12)20(2)10-13-8-16(17)21-11-13/h4-5,7-8,11,19H,3,6,9-10H2,1-2H3. The normalized spacial score (nSPS) is 10.9. The van der Waals surface area contributed by atoms with E-state index in [1.54, 1.807) is 11.3 Å². The number of hydrogen-bond acceptors (Lipinski definition) is 3. The van der Waals surface area contributed by atoms with Crippen molar-refractivity contribution in [1.29, 1.82) is 0 Å². The van der Waals surface area contributed by atoms with Gasteiger partial charge < -0.3 is 10.2 Å². The first-order chi connectivity index (χ1) is 10.1. The van der Waals surface area contributed by atoms with Gasteiger partial charge >= 0.3 is 0 Å². The topological polar surface area (TPSA) is 15.3 Å². The maximum Gasteiger partial charge on any atom is 0.0701 e. The summed E-state index contributed by atoms with van der Waals surface area (Å²) in [6, 6.07) is 8.45. The molecule has 114 valence electrons. The molecule has 2 aromatic rings. The molecule has 1 aromatic heterocycles. The summed E-state index contributed by atoms with van der Waals surface area (Å²) >= 11 is 11.6. The van der Waals surface area contributed by atoms with Gasteiger partial charge in [0.05, 0.1) is 14.5 Å². The molecule has 1 N–H and O–H groups in total. The van der Waals surface area contributed by atoms with Crippen LogP contribution in [0.3, 0.4) is 0 Å². The van der Waals surface area contributed by atoms with Gasteiger partial charge in [-0.15, -0.1) is 11.3 Å². The van der Waals surface area contributed by atoms with Crippen molar-refractivity contribution in [1.82, 2.24) is 5.32 Å². The third kappa shape index (κ3) is 4.99. The van der Waals surface area contributed by atoms with Crippen LogP contribution in [0, 0.1) is 0 Å². The number of benzene rings is 1. The predicted molar refractivity (Wildman–Crippen MR) is 97.6 cm³/mol. The monoisotopic (exact) mass is 386 g/mol. The Morgan fingerprint density at radius 1 is 1.29 bits per heavy atom. The summed E-state index contributed by atoms with van der Waals surface area (Å²) in [5, 5.41) is 6.37. The lowest BCUT2D eigenvalue weighted by Gasteiger charge is -2.20. The number of halogens is 2. The summed E-state index contributed by atoms with van der Waals surface area (Å²) in [5.74, 6) is 0. The van der Waals surface area contributed by atoms with Crippen LogP contribution in [0.4, 0.5) is 5.69 Å². The average molecular weight is 388 g/mol. The Morgan fingerprint density at radius 2 is 2.10 bits per heavy atom. The zero-order valence-electron chi connectivity index (χ0n) is 12.3. The highest BCUT2D eigenvalue weighted by Crippen LogP contribution is 2.28. The zero-order valence-corrected chi connectivity index (χ0v) is 15.5. The first-order valence-electron chi connectivity index (χ1n) is 7.03. The minimum Gasteiger partial charge on any atom is -0.369 e. The third-order valence-corrected chi connectivity index (χ3v) is 5.08. The van der Waals surface area contributed by atoms with Gasteiger partial charge in [-0.05, 0) is 63.6 Å². The Balaban J connectivity index is 2.02. The van der Waals surface area contributed by atoms with E-state index in [-0.39, 0.29) is 0 Å². The molecule has 0 amide bonds. The predicted octanol–water partition coefficient (Wildman–Crippen LogP) is 5.30. The van der Waals surface area contributed by atoms with Crippen LogP contribution >= 0.6 is 38.9 Å². The number of nitrogens with zero attached hydrogens (tertiary/aromatic N) is 1. The summed E-state index contributed by atoms with van der Waals surface area (Å²) in [4.78, 5) is 2.18. The lowest BCUT2D eigenvalue weighted by atomic mass is 10.2. The Labute approximate surface area is 144 Å². The molecular formula is C16H20BrClN2S. The first-order valence-corrected chi connectivity index (χ1v) is 9.08. The van der Waals surface area contributed by atoms with Gasteiger partial charge in [-0.2, -0.15) is 0 Å². The van der Waals surface area contributed by atoms with E-state index in [0.717, 1.165) is 40.6 Å². The van der Waals surface area contributed by atoms with Crippen molar-refractivity contribution in [2.45, 2.75) is 26.4 Å². The van der Waals surface area contributed by atoms with Crippen LogP contribution in [-0.4, -0.2) is 13.6 Å². The van der Waals surface area contributed by atoms with Crippen LogP contribution in [0.2, 0.25) is 5.02 Å². The van der Waals surface area contributed by atoms with Gasteiger partial charge in [0, 0.05) is 20.1 Å². The molecule has 1 aromatic carbocycles. The molecule has 0 spiro atoms. The molecule has 0 radical (unpaired) electrons. The molecule has 5 heteroatoms. The van der Waals surface area contributed by atoms with E-state index in [2.05, 4.69) is 69.8 Å². The van der Waals surface area contributed by atoms with E-state index in [1.807, 2.05) is 0 Å². The van der Waals surface area contributed by atoms with Crippen LogP contribution in [0.25, 0.3) is 0 Å². The second-order valence-corrected chi connectivity index (χ2v) is 7.78. The molecule has 0 aliphatic carbocycles. The summed E-state index contributed by atoms with van der Waals surface area (Å²) in [5.41, 5.74) is 3.58. The fourth-order valence-electron chi connectivity index (χ4n) is 2.17. The number of anilines is 1. The quantitative estimate of drug-likeness (QED) is 0.648.